The molecule has 0 amide bonds. The highest BCUT2D eigenvalue weighted by atomic mass is 35.5. The SMILES string of the molecule is COc1cc(-c2nnc(COc3c(Cl)cc(Cl)c4ccc(C)nc34)o2)cc(OC)c1OC. The van der Waals surface area contributed by atoms with Crippen molar-refractivity contribution in [3.8, 4) is 34.5 Å². The van der Waals surface area contributed by atoms with Gasteiger partial charge in [0.05, 0.1) is 31.4 Å². The number of nitrogens with zero attached hydrogens (tertiary/aromatic N) is 3. The number of methoxy groups -OCH3 is 3. The summed E-state index contributed by atoms with van der Waals surface area (Å²) in [4.78, 5) is 4.52. The van der Waals surface area contributed by atoms with E-state index in [0.717, 1.165) is 11.1 Å². The maximum Gasteiger partial charge on any atom is 0.254 e. The lowest BCUT2D eigenvalue weighted by Gasteiger charge is -2.12. The molecule has 2 aromatic carbocycles. The lowest BCUT2D eigenvalue weighted by molar-refractivity contribution is 0.267. The number of rotatable bonds is 7. The zero-order valence-electron chi connectivity index (χ0n) is 17.7. The van der Waals surface area contributed by atoms with E-state index in [2.05, 4.69) is 15.2 Å². The Morgan fingerprint density at radius 1 is 0.875 bits per heavy atom. The smallest absolute Gasteiger partial charge is 0.254 e. The van der Waals surface area contributed by atoms with Crippen LogP contribution in [0.5, 0.6) is 23.0 Å². The molecule has 4 aromatic rings. The Balaban J connectivity index is 1.62. The Hall–Kier alpha value is -3.23. The highest BCUT2D eigenvalue weighted by Gasteiger charge is 2.19. The van der Waals surface area contributed by atoms with Gasteiger partial charge in [0.2, 0.25) is 11.6 Å². The molecular weight excluding hydrogens is 457 g/mol. The van der Waals surface area contributed by atoms with Gasteiger partial charge in [-0.1, -0.05) is 23.2 Å². The van der Waals surface area contributed by atoms with Gasteiger partial charge in [0.25, 0.3) is 5.89 Å². The van der Waals surface area contributed by atoms with Gasteiger partial charge in [-0.25, -0.2) is 4.98 Å². The molecule has 0 fully saturated rings. The number of benzene rings is 2. The Bertz CT molecular complexity index is 1270. The summed E-state index contributed by atoms with van der Waals surface area (Å²) in [6.45, 7) is 1.86. The monoisotopic (exact) mass is 475 g/mol. The van der Waals surface area contributed by atoms with E-state index in [1.54, 1.807) is 18.2 Å². The second-order valence-electron chi connectivity index (χ2n) is 6.72. The van der Waals surface area contributed by atoms with E-state index in [0.29, 0.717) is 44.1 Å². The van der Waals surface area contributed by atoms with Gasteiger partial charge in [-0.3, -0.25) is 0 Å². The second-order valence-corrected chi connectivity index (χ2v) is 7.54. The fraction of sp³-hybridized carbons (Fsp3) is 0.227. The van der Waals surface area contributed by atoms with Gasteiger partial charge in [-0.05, 0) is 37.3 Å². The van der Waals surface area contributed by atoms with Crippen molar-refractivity contribution < 1.29 is 23.4 Å². The Kier molecular flexibility index (Phi) is 6.25. The molecule has 166 valence electrons. The minimum Gasteiger partial charge on any atom is -0.493 e. The first-order valence-electron chi connectivity index (χ1n) is 9.46. The van der Waals surface area contributed by atoms with E-state index in [9.17, 15) is 0 Å². The molecule has 0 radical (unpaired) electrons. The molecule has 32 heavy (non-hydrogen) atoms. The minimum absolute atomic E-state index is 0.0104. The molecule has 0 unspecified atom stereocenters. The van der Waals surface area contributed by atoms with Gasteiger partial charge in [-0.2, -0.15) is 0 Å². The van der Waals surface area contributed by atoms with Crippen LogP contribution in [0.3, 0.4) is 0 Å². The van der Waals surface area contributed by atoms with Gasteiger partial charge in [0, 0.05) is 16.6 Å². The van der Waals surface area contributed by atoms with Gasteiger partial charge in [0.1, 0.15) is 5.52 Å². The summed E-state index contributed by atoms with van der Waals surface area (Å²) in [6.07, 6.45) is 0. The van der Waals surface area contributed by atoms with Crippen LogP contribution in [-0.4, -0.2) is 36.5 Å². The maximum absolute atomic E-state index is 6.37. The number of aryl methyl sites for hydroxylation is 1. The predicted molar refractivity (Wildman–Crippen MR) is 120 cm³/mol. The summed E-state index contributed by atoms with van der Waals surface area (Å²) in [7, 11) is 4.60. The first-order valence-corrected chi connectivity index (χ1v) is 10.2. The number of aromatic nitrogens is 3. The van der Waals surface area contributed by atoms with Crippen LogP contribution in [-0.2, 0) is 6.61 Å². The highest BCUT2D eigenvalue weighted by Crippen LogP contribution is 2.41. The average molecular weight is 476 g/mol. The summed E-state index contributed by atoms with van der Waals surface area (Å²) >= 11 is 12.7. The molecule has 0 bridgehead atoms. The number of hydrogen-bond acceptors (Lipinski definition) is 8. The highest BCUT2D eigenvalue weighted by molar-refractivity contribution is 6.39. The summed E-state index contributed by atoms with van der Waals surface area (Å²) in [5.41, 5.74) is 1.97. The van der Waals surface area contributed by atoms with Crippen molar-refractivity contribution in [3.63, 3.8) is 0 Å². The van der Waals surface area contributed by atoms with Crippen molar-refractivity contribution in [1.29, 1.82) is 0 Å². The quantitative estimate of drug-likeness (QED) is 0.345. The fourth-order valence-corrected chi connectivity index (χ4v) is 3.77. The molecule has 4 rings (SSSR count). The van der Waals surface area contributed by atoms with Crippen LogP contribution in [0.25, 0.3) is 22.4 Å². The third kappa shape index (κ3) is 4.11. The summed E-state index contributed by atoms with van der Waals surface area (Å²) < 4.78 is 27.8. The van der Waals surface area contributed by atoms with Crippen LogP contribution in [0.1, 0.15) is 11.6 Å². The lowest BCUT2D eigenvalue weighted by atomic mass is 10.2. The van der Waals surface area contributed by atoms with Crippen LogP contribution in [0, 0.1) is 6.92 Å². The van der Waals surface area contributed by atoms with Crippen molar-refractivity contribution in [2.45, 2.75) is 13.5 Å². The number of hydrogen-bond donors (Lipinski definition) is 0. The third-order valence-corrected chi connectivity index (χ3v) is 5.29. The molecule has 10 heteroatoms. The van der Waals surface area contributed by atoms with Crippen LogP contribution < -0.4 is 18.9 Å². The van der Waals surface area contributed by atoms with Crippen LogP contribution in [0.4, 0.5) is 0 Å². The molecule has 2 heterocycles. The van der Waals surface area contributed by atoms with E-state index >= 15 is 0 Å². The second kappa shape index (κ2) is 9.10. The molecule has 0 spiro atoms. The van der Waals surface area contributed by atoms with Crippen LogP contribution in [0.2, 0.25) is 10.0 Å². The zero-order chi connectivity index (χ0) is 22.8. The zero-order valence-corrected chi connectivity index (χ0v) is 19.2. The largest absolute Gasteiger partial charge is 0.493 e. The fourth-order valence-electron chi connectivity index (χ4n) is 3.19. The predicted octanol–water partition coefficient (Wildman–Crippen LogP) is 5.50. The summed E-state index contributed by atoms with van der Waals surface area (Å²) in [6, 6.07) is 8.80. The Morgan fingerprint density at radius 2 is 1.59 bits per heavy atom. The van der Waals surface area contributed by atoms with E-state index in [4.69, 9.17) is 46.6 Å². The van der Waals surface area contributed by atoms with E-state index in [1.165, 1.54) is 21.3 Å². The van der Waals surface area contributed by atoms with Gasteiger partial charge in [0.15, 0.2) is 23.9 Å². The van der Waals surface area contributed by atoms with Crippen molar-refractivity contribution in [2.75, 3.05) is 21.3 Å². The standard InChI is InChI=1S/C22H19Cl2N3O5/c1-11-5-6-13-14(23)9-15(24)20(19(13)25-11)31-10-18-26-27-22(32-18)12-7-16(28-2)21(30-4)17(8-12)29-3/h5-9H,10H2,1-4H3. The molecule has 0 aliphatic carbocycles. The first-order chi connectivity index (χ1) is 15.4. The number of ether oxygens (including phenoxy) is 4. The molecule has 0 saturated heterocycles. The number of pyridine rings is 1. The Labute approximate surface area is 194 Å². The third-order valence-electron chi connectivity index (χ3n) is 4.70. The van der Waals surface area contributed by atoms with Crippen LogP contribution >= 0.6 is 23.2 Å². The van der Waals surface area contributed by atoms with Gasteiger partial charge < -0.3 is 23.4 Å². The maximum atomic E-state index is 6.37. The topological polar surface area (TPSA) is 88.7 Å². The first kappa shape index (κ1) is 22.0. The van der Waals surface area contributed by atoms with Crippen molar-refractivity contribution in [3.05, 3.63) is 52.0 Å². The molecule has 0 aliphatic heterocycles. The molecular formula is C22H19Cl2N3O5. The number of halogens is 2. The molecule has 8 nitrogen and oxygen atoms in total. The van der Waals surface area contributed by atoms with E-state index in [1.807, 2.05) is 19.1 Å². The van der Waals surface area contributed by atoms with Crippen molar-refractivity contribution in [2.24, 2.45) is 0 Å². The Morgan fingerprint density at radius 3 is 2.25 bits per heavy atom. The molecule has 0 N–H and O–H groups in total. The molecule has 0 aliphatic rings. The van der Waals surface area contributed by atoms with E-state index < -0.39 is 0 Å². The minimum atomic E-state index is -0.0104. The van der Waals surface area contributed by atoms with Gasteiger partial charge >= 0.3 is 0 Å². The van der Waals surface area contributed by atoms with Gasteiger partial charge in [-0.15, -0.1) is 10.2 Å². The normalized spacial score (nSPS) is 10.9. The van der Waals surface area contributed by atoms with Crippen LogP contribution in [0.15, 0.2) is 34.7 Å². The summed E-state index contributed by atoms with van der Waals surface area (Å²) in [5.74, 6) is 2.32. The molecule has 0 atom stereocenters. The summed E-state index contributed by atoms with van der Waals surface area (Å²) in [5, 5.41) is 9.73. The molecule has 2 aromatic heterocycles. The van der Waals surface area contributed by atoms with Crippen molar-refractivity contribution >= 4 is 34.1 Å². The lowest BCUT2D eigenvalue weighted by Crippen LogP contribution is -1.99. The number of fused-ring (bicyclic) bond motifs is 1. The van der Waals surface area contributed by atoms with E-state index in [-0.39, 0.29) is 18.4 Å². The average Bonchev–Trinajstić information content (AvgIpc) is 3.26. The molecule has 0 saturated carbocycles. The van der Waals surface area contributed by atoms with Crippen molar-refractivity contribution in [1.82, 2.24) is 15.2 Å².